The number of halogens is 3. The molecular weight excluding hydrogens is 555 g/mol. The topological polar surface area (TPSA) is 62.0 Å². The monoisotopic (exact) mass is 583 g/mol. The molecule has 0 aromatic heterocycles. The van der Waals surface area contributed by atoms with Crippen molar-refractivity contribution < 1.29 is 22.7 Å². The molecule has 2 aromatic rings. The summed E-state index contributed by atoms with van der Waals surface area (Å²) in [5, 5.41) is 12.2. The predicted octanol–water partition coefficient (Wildman–Crippen LogP) is 5.32. The van der Waals surface area contributed by atoms with Gasteiger partial charge in [0.1, 0.15) is 36.6 Å². The Labute approximate surface area is 246 Å². The molecule has 1 saturated carbocycles. The molecule has 2 bridgehead atoms. The molecule has 3 atom stereocenters. The highest BCUT2D eigenvalue weighted by Gasteiger charge is 2.54. The first-order chi connectivity index (χ1) is 21.0. The molecule has 218 valence electrons. The summed E-state index contributed by atoms with van der Waals surface area (Å²) in [6, 6.07) is 8.51. The second-order valence-electron chi connectivity index (χ2n) is 12.7. The molecule has 10 rings (SSSR count). The molecule has 0 amide bonds. The lowest BCUT2D eigenvalue weighted by Gasteiger charge is -2.51. The normalized spacial score (nSPS) is 32.2. The van der Waals surface area contributed by atoms with Crippen LogP contribution in [0.1, 0.15) is 43.2 Å². The van der Waals surface area contributed by atoms with E-state index in [-0.39, 0.29) is 54.0 Å². The van der Waals surface area contributed by atoms with E-state index in [1.54, 1.807) is 18.2 Å². The number of rotatable bonds is 3. The van der Waals surface area contributed by atoms with E-state index in [4.69, 9.17) is 26.1 Å². The minimum Gasteiger partial charge on any atom is -0.460 e. The van der Waals surface area contributed by atoms with Gasteiger partial charge in [0.15, 0.2) is 5.83 Å². The van der Waals surface area contributed by atoms with E-state index in [0.29, 0.717) is 40.7 Å². The summed E-state index contributed by atoms with van der Waals surface area (Å²) in [6.07, 6.45) is 8.90. The minimum absolute atomic E-state index is 0.0644. The smallest absolute Gasteiger partial charge is 0.334 e. The summed E-state index contributed by atoms with van der Waals surface area (Å²) in [5.41, 5.74) is 2.54. The summed E-state index contributed by atoms with van der Waals surface area (Å²) < 4.78 is 53.0. The van der Waals surface area contributed by atoms with Gasteiger partial charge < -0.3 is 9.57 Å². The third-order valence-electron chi connectivity index (χ3n) is 10.5. The number of benzene rings is 2. The number of hydrogen-bond donors (Lipinski definition) is 0. The van der Waals surface area contributed by atoms with Gasteiger partial charge in [0.2, 0.25) is 0 Å². The maximum atomic E-state index is 17.3. The number of terminal acetylenes is 1. The van der Waals surface area contributed by atoms with E-state index < -0.39 is 23.4 Å². The van der Waals surface area contributed by atoms with E-state index >= 15 is 4.39 Å². The van der Waals surface area contributed by atoms with Crippen LogP contribution < -0.4 is 0 Å². The van der Waals surface area contributed by atoms with Gasteiger partial charge in [-0.1, -0.05) is 35.3 Å². The third kappa shape index (κ3) is 3.46. The average molecular weight is 584 g/mol. The quantitative estimate of drug-likeness (QED) is 0.459. The molecule has 6 heterocycles. The maximum absolute atomic E-state index is 17.3. The highest BCUT2D eigenvalue weighted by Crippen LogP contribution is 2.54. The highest BCUT2D eigenvalue weighted by molar-refractivity contribution is 6.37. The van der Waals surface area contributed by atoms with E-state index in [0.717, 1.165) is 37.8 Å². The molecule has 0 N–H and O–H groups in total. The molecule has 6 aliphatic heterocycles. The average Bonchev–Trinajstić information content (AvgIpc) is 3.67. The largest absolute Gasteiger partial charge is 0.460 e. The lowest BCUT2D eigenvalue weighted by atomic mass is 9.66. The molecule has 1 unspecified atom stereocenters. The van der Waals surface area contributed by atoms with Gasteiger partial charge in [-0.2, -0.15) is 4.99 Å². The Hall–Kier alpha value is -4.10. The molecule has 7 nitrogen and oxygen atoms in total. The summed E-state index contributed by atoms with van der Waals surface area (Å²) in [7, 11) is 0. The summed E-state index contributed by atoms with van der Waals surface area (Å²) in [6.45, 7) is 1.76. The Morgan fingerprint density at radius 1 is 1.19 bits per heavy atom. The van der Waals surface area contributed by atoms with Gasteiger partial charge in [0.05, 0.1) is 28.8 Å². The van der Waals surface area contributed by atoms with E-state index in [1.807, 2.05) is 11.1 Å². The molecule has 0 radical (unpaired) electrons. The molecule has 2 saturated heterocycles. The van der Waals surface area contributed by atoms with Gasteiger partial charge in [-0.3, -0.25) is 9.91 Å². The van der Waals surface area contributed by atoms with Crippen molar-refractivity contribution in [3.63, 3.8) is 0 Å². The van der Waals surface area contributed by atoms with E-state index in [9.17, 15) is 8.78 Å². The van der Waals surface area contributed by atoms with Crippen LogP contribution in [-0.2, 0) is 9.57 Å². The van der Waals surface area contributed by atoms with Crippen LogP contribution in [0, 0.1) is 30.0 Å². The van der Waals surface area contributed by atoms with Crippen LogP contribution in [0.3, 0.4) is 0 Å². The van der Waals surface area contributed by atoms with Gasteiger partial charge in [-0.05, 0) is 60.7 Å². The number of hydrogen-bond acceptors (Lipinski definition) is 7. The first-order valence-corrected chi connectivity index (χ1v) is 15.0. The second-order valence-corrected chi connectivity index (χ2v) is 12.7. The van der Waals surface area contributed by atoms with Crippen LogP contribution in [0.2, 0.25) is 0 Å². The molecule has 3 fully saturated rings. The lowest BCUT2D eigenvalue weighted by Crippen LogP contribution is -2.52. The summed E-state index contributed by atoms with van der Waals surface area (Å²) in [5.74, 6) is 1.25. The summed E-state index contributed by atoms with van der Waals surface area (Å²) >= 11 is 0. The SMILES string of the molecule is C#Cc1c(F)ccc2cccc(C3=C(F)C4=NC(OC[C@@]56CCCN5C[C@H](F)C6)=NN5C4=C(C4CC5C4)C4CON=C34)c12. The molecule has 0 spiro atoms. The molecule has 43 heavy (non-hydrogen) atoms. The number of hydrazone groups is 1. The van der Waals surface area contributed by atoms with Gasteiger partial charge in [0.25, 0.3) is 0 Å². The molecule has 2 aromatic carbocycles. The van der Waals surface area contributed by atoms with Crippen molar-refractivity contribution in [2.45, 2.75) is 49.9 Å². The Balaban J connectivity index is 1.21. The zero-order valence-electron chi connectivity index (χ0n) is 23.3. The third-order valence-corrected chi connectivity index (χ3v) is 10.5. The standard InChI is InChI=1S/C33H28F3N5O2/c1-2-21-24(35)8-7-17-5-3-6-22(25(17)21)27-28(36)30-31-26(23-15-43-39-29(23)27)18-11-20(12-18)41(31)38-32(37-30)42-16-33-9-4-10-40(33)14-19(34)13-33/h1,3,5-8,18-20,23H,4,9-16H2/t18?,19-,20?,23?,33+/m1/s1. The van der Waals surface area contributed by atoms with Gasteiger partial charge >= 0.3 is 6.02 Å². The van der Waals surface area contributed by atoms with Crippen molar-refractivity contribution in [2.24, 2.45) is 27.1 Å². The Morgan fingerprint density at radius 2 is 2.07 bits per heavy atom. The van der Waals surface area contributed by atoms with Crippen LogP contribution >= 0.6 is 0 Å². The number of oxime groups is 1. The Morgan fingerprint density at radius 3 is 2.93 bits per heavy atom. The van der Waals surface area contributed by atoms with Crippen molar-refractivity contribution in [1.29, 1.82) is 0 Å². The van der Waals surface area contributed by atoms with Crippen LogP contribution in [0.25, 0.3) is 16.3 Å². The number of fused-ring (bicyclic) bond motifs is 3. The molecule has 8 aliphatic rings. The van der Waals surface area contributed by atoms with E-state index in [2.05, 4.69) is 16.0 Å². The number of nitrogens with zero attached hydrogens (tertiary/aromatic N) is 5. The Kier molecular flexibility index (Phi) is 5.29. The first kappa shape index (κ1) is 25.4. The second kappa shape index (κ2) is 8.96. The van der Waals surface area contributed by atoms with Crippen LogP contribution in [-0.4, -0.2) is 71.4 Å². The predicted molar refractivity (Wildman–Crippen MR) is 156 cm³/mol. The first-order valence-electron chi connectivity index (χ1n) is 15.0. The fourth-order valence-corrected chi connectivity index (χ4v) is 8.47. The minimum atomic E-state index is -0.889. The maximum Gasteiger partial charge on any atom is 0.334 e. The zero-order valence-corrected chi connectivity index (χ0v) is 23.3. The summed E-state index contributed by atoms with van der Waals surface area (Å²) in [4.78, 5) is 12.5. The zero-order chi connectivity index (χ0) is 29.0. The fourth-order valence-electron chi connectivity index (χ4n) is 8.47. The van der Waals surface area contributed by atoms with Gasteiger partial charge in [-0.25, -0.2) is 13.2 Å². The van der Waals surface area contributed by atoms with Crippen molar-refractivity contribution >= 4 is 33.8 Å². The number of ether oxygens (including phenoxy) is 1. The van der Waals surface area contributed by atoms with Crippen molar-refractivity contribution in [3.05, 3.63) is 64.4 Å². The number of aliphatic imine (C=N–C) groups is 1. The number of amidine groups is 1. The van der Waals surface area contributed by atoms with Gasteiger partial charge in [0, 0.05) is 23.9 Å². The van der Waals surface area contributed by atoms with Gasteiger partial charge in [-0.15, -0.1) is 11.5 Å². The number of allylic oxidation sites excluding steroid dienone is 2. The van der Waals surface area contributed by atoms with Crippen LogP contribution in [0.15, 0.2) is 62.7 Å². The fraction of sp³-hybridized carbons (Fsp3) is 0.424. The Bertz CT molecular complexity index is 1820. The molecule has 10 heteroatoms. The van der Waals surface area contributed by atoms with Crippen molar-refractivity contribution in [1.82, 2.24) is 9.91 Å². The van der Waals surface area contributed by atoms with Crippen molar-refractivity contribution in [2.75, 3.05) is 26.3 Å². The number of alkyl halides is 1. The molecular formula is C33H28F3N5O2. The van der Waals surface area contributed by atoms with Crippen LogP contribution in [0.4, 0.5) is 13.2 Å². The van der Waals surface area contributed by atoms with Crippen LogP contribution in [0.5, 0.6) is 0 Å². The van der Waals surface area contributed by atoms with E-state index in [1.165, 1.54) is 6.07 Å². The lowest BCUT2D eigenvalue weighted by molar-refractivity contribution is 0.0767. The molecule has 2 aliphatic carbocycles. The van der Waals surface area contributed by atoms with Crippen molar-refractivity contribution in [3.8, 4) is 12.3 Å². The highest BCUT2D eigenvalue weighted by atomic mass is 19.1.